The van der Waals surface area contributed by atoms with Crippen LogP contribution in [0.5, 0.6) is 11.5 Å². The van der Waals surface area contributed by atoms with Gasteiger partial charge >= 0.3 is 0 Å². The van der Waals surface area contributed by atoms with Crippen LogP contribution in [-0.4, -0.2) is 29.3 Å². The van der Waals surface area contributed by atoms with E-state index in [9.17, 15) is 0 Å². The summed E-state index contributed by atoms with van der Waals surface area (Å²) in [5, 5.41) is 7.62. The van der Waals surface area contributed by atoms with Crippen LogP contribution >= 0.6 is 35.6 Å². The van der Waals surface area contributed by atoms with E-state index < -0.39 is 0 Å². The maximum atomic E-state index is 6.02. The van der Waals surface area contributed by atoms with Crippen molar-refractivity contribution in [2.75, 3.05) is 18.5 Å². The minimum Gasteiger partial charge on any atom is -0.494 e. The Morgan fingerprint density at radius 1 is 1.13 bits per heavy atom. The van der Waals surface area contributed by atoms with Gasteiger partial charge in [-0.15, -0.1) is 24.0 Å². The third kappa shape index (κ3) is 6.49. The van der Waals surface area contributed by atoms with Gasteiger partial charge in [-0.1, -0.05) is 16.8 Å². The number of benzene rings is 2. The van der Waals surface area contributed by atoms with Gasteiger partial charge in [0.25, 0.3) is 0 Å². The van der Waals surface area contributed by atoms with Crippen molar-refractivity contribution in [2.24, 2.45) is 10.7 Å². The average molecular weight is 544 g/mol. The van der Waals surface area contributed by atoms with Crippen LogP contribution in [0.4, 0.5) is 5.69 Å². The maximum absolute atomic E-state index is 6.02. The molecule has 0 amide bonds. The largest absolute Gasteiger partial charge is 0.494 e. The second-order valence-corrected chi connectivity index (χ2v) is 6.31. The number of nitrogens with two attached hydrogens (primary N) is 1. The summed E-state index contributed by atoms with van der Waals surface area (Å²) in [7, 11) is 0. The summed E-state index contributed by atoms with van der Waals surface area (Å²) in [5.74, 6) is 2.34. The Bertz CT molecular complexity index is 979. The van der Waals surface area contributed by atoms with E-state index in [1.807, 2.05) is 44.2 Å². The van der Waals surface area contributed by atoms with Crippen LogP contribution in [0.1, 0.15) is 19.7 Å². The quantitative estimate of drug-likeness (QED) is 0.240. The first-order valence-electron chi connectivity index (χ1n) is 9.14. The van der Waals surface area contributed by atoms with Crippen molar-refractivity contribution < 1.29 is 14.0 Å². The Morgan fingerprint density at radius 3 is 2.57 bits per heavy atom. The lowest BCUT2D eigenvalue weighted by Gasteiger charge is -2.13. The zero-order valence-corrected chi connectivity index (χ0v) is 19.7. The Hall–Kier alpha value is -2.53. The van der Waals surface area contributed by atoms with Crippen LogP contribution in [0.15, 0.2) is 52.0 Å². The summed E-state index contributed by atoms with van der Waals surface area (Å²) < 4.78 is 16.4. The first-order chi connectivity index (χ1) is 14.1. The minimum atomic E-state index is 0. The molecule has 3 aromatic rings. The third-order valence-electron chi connectivity index (χ3n) is 3.78. The van der Waals surface area contributed by atoms with E-state index in [2.05, 4.69) is 20.4 Å². The first-order valence-corrected chi connectivity index (χ1v) is 9.52. The number of hydrogen-bond acceptors (Lipinski definition) is 6. The van der Waals surface area contributed by atoms with Crippen molar-refractivity contribution in [2.45, 2.75) is 20.4 Å². The SMILES string of the molecule is CCOc1ccc(OCC)c(NC(N)=NCc2nc(-c3ccc(Cl)cc3)no2)c1.I. The third-order valence-corrected chi connectivity index (χ3v) is 4.03. The molecule has 0 unspecified atom stereocenters. The van der Waals surface area contributed by atoms with E-state index in [1.54, 1.807) is 12.1 Å². The van der Waals surface area contributed by atoms with Crippen molar-refractivity contribution in [3.05, 3.63) is 53.4 Å². The van der Waals surface area contributed by atoms with Crippen molar-refractivity contribution in [1.82, 2.24) is 10.1 Å². The second-order valence-electron chi connectivity index (χ2n) is 5.87. The summed E-state index contributed by atoms with van der Waals surface area (Å²) in [6.45, 7) is 5.04. The average Bonchev–Trinajstić information content (AvgIpc) is 3.18. The van der Waals surface area contributed by atoms with Gasteiger partial charge in [-0.3, -0.25) is 0 Å². The van der Waals surface area contributed by atoms with Gasteiger partial charge in [-0.2, -0.15) is 4.98 Å². The number of ether oxygens (including phenoxy) is 2. The summed E-state index contributed by atoms with van der Waals surface area (Å²) in [6.07, 6.45) is 0. The zero-order valence-electron chi connectivity index (χ0n) is 16.6. The highest BCUT2D eigenvalue weighted by atomic mass is 127. The van der Waals surface area contributed by atoms with Crippen molar-refractivity contribution in [3.63, 3.8) is 0 Å². The van der Waals surface area contributed by atoms with Crippen LogP contribution in [-0.2, 0) is 6.54 Å². The summed E-state index contributed by atoms with van der Waals surface area (Å²) in [6, 6.07) is 12.6. The summed E-state index contributed by atoms with van der Waals surface area (Å²) in [5.41, 5.74) is 7.47. The Balaban J connectivity index is 0.00000320. The number of hydrogen-bond donors (Lipinski definition) is 2. The molecule has 0 saturated heterocycles. The van der Waals surface area contributed by atoms with Crippen molar-refractivity contribution >= 4 is 47.2 Å². The van der Waals surface area contributed by atoms with Crippen LogP contribution < -0.4 is 20.5 Å². The van der Waals surface area contributed by atoms with Gasteiger partial charge < -0.3 is 25.0 Å². The fourth-order valence-electron chi connectivity index (χ4n) is 2.51. The number of aliphatic imine (C=N–C) groups is 1. The normalized spacial score (nSPS) is 11.0. The molecule has 0 aliphatic heterocycles. The predicted octanol–water partition coefficient (Wildman–Crippen LogP) is 4.73. The highest BCUT2D eigenvalue weighted by Gasteiger charge is 2.10. The van der Waals surface area contributed by atoms with Crippen molar-refractivity contribution in [1.29, 1.82) is 0 Å². The number of nitrogens with zero attached hydrogens (tertiary/aromatic N) is 3. The Kier molecular flexibility index (Phi) is 9.18. The Morgan fingerprint density at radius 2 is 1.87 bits per heavy atom. The summed E-state index contributed by atoms with van der Waals surface area (Å²) >= 11 is 5.89. The molecule has 1 heterocycles. The first kappa shape index (κ1) is 23.7. The monoisotopic (exact) mass is 543 g/mol. The molecule has 8 nitrogen and oxygen atoms in total. The van der Waals surface area contributed by atoms with Gasteiger partial charge in [-0.05, 0) is 50.2 Å². The highest BCUT2D eigenvalue weighted by Crippen LogP contribution is 2.29. The van der Waals surface area contributed by atoms with Gasteiger partial charge in [0.15, 0.2) is 5.96 Å². The molecule has 10 heteroatoms. The van der Waals surface area contributed by atoms with Crippen LogP contribution in [0.2, 0.25) is 5.02 Å². The molecule has 0 fully saturated rings. The van der Waals surface area contributed by atoms with Gasteiger partial charge in [0.05, 0.1) is 18.9 Å². The molecule has 30 heavy (non-hydrogen) atoms. The number of rotatable bonds is 8. The number of guanidine groups is 1. The van der Waals surface area contributed by atoms with Gasteiger partial charge in [0.1, 0.15) is 18.0 Å². The van der Waals surface area contributed by atoms with Crippen LogP contribution in [0.3, 0.4) is 0 Å². The van der Waals surface area contributed by atoms with E-state index in [4.69, 9.17) is 31.3 Å². The van der Waals surface area contributed by atoms with Crippen LogP contribution in [0, 0.1) is 0 Å². The number of nitrogens with one attached hydrogen (secondary N) is 1. The van der Waals surface area contributed by atoms with E-state index in [0.717, 1.165) is 5.56 Å². The molecule has 0 spiro atoms. The standard InChI is InChI=1S/C20H22ClN5O3.HI/c1-3-27-15-9-10-17(28-4-2)16(11-15)24-20(22)23-12-18-25-19(26-29-18)13-5-7-14(21)8-6-13;/h5-11H,3-4,12H2,1-2H3,(H3,22,23,24);1H. The number of anilines is 1. The fourth-order valence-corrected chi connectivity index (χ4v) is 2.64. The fraction of sp³-hybridized carbons (Fsp3) is 0.250. The molecular formula is C20H23ClIN5O3. The van der Waals surface area contributed by atoms with E-state index >= 15 is 0 Å². The summed E-state index contributed by atoms with van der Waals surface area (Å²) in [4.78, 5) is 8.58. The smallest absolute Gasteiger partial charge is 0.248 e. The lowest BCUT2D eigenvalue weighted by molar-refractivity contribution is 0.332. The van der Waals surface area contributed by atoms with Gasteiger partial charge in [-0.25, -0.2) is 4.99 Å². The number of halogens is 2. The second kappa shape index (κ2) is 11.6. The maximum Gasteiger partial charge on any atom is 0.248 e. The van der Waals surface area contributed by atoms with E-state index in [-0.39, 0.29) is 36.5 Å². The molecule has 1 aromatic heterocycles. The molecule has 0 bridgehead atoms. The topological polar surface area (TPSA) is 108 Å². The van der Waals surface area contributed by atoms with E-state index in [0.29, 0.717) is 47.1 Å². The molecular weight excluding hydrogens is 521 g/mol. The van der Waals surface area contributed by atoms with Gasteiger partial charge in [0.2, 0.25) is 11.7 Å². The zero-order chi connectivity index (χ0) is 20.6. The van der Waals surface area contributed by atoms with Crippen LogP contribution in [0.25, 0.3) is 11.4 Å². The molecule has 2 aromatic carbocycles. The van der Waals surface area contributed by atoms with Gasteiger partial charge in [0, 0.05) is 16.7 Å². The highest BCUT2D eigenvalue weighted by molar-refractivity contribution is 14.0. The molecule has 0 atom stereocenters. The van der Waals surface area contributed by atoms with E-state index in [1.165, 1.54) is 0 Å². The number of aromatic nitrogens is 2. The molecule has 3 rings (SSSR count). The lowest BCUT2D eigenvalue weighted by atomic mass is 10.2. The molecule has 3 N–H and O–H groups in total. The molecule has 0 saturated carbocycles. The minimum absolute atomic E-state index is 0. The Labute approximate surface area is 196 Å². The molecule has 0 radical (unpaired) electrons. The predicted molar refractivity (Wildman–Crippen MR) is 128 cm³/mol. The molecule has 0 aliphatic rings. The lowest BCUT2D eigenvalue weighted by Crippen LogP contribution is -2.23. The molecule has 160 valence electrons. The van der Waals surface area contributed by atoms with Crippen molar-refractivity contribution in [3.8, 4) is 22.9 Å². The molecule has 0 aliphatic carbocycles.